The summed E-state index contributed by atoms with van der Waals surface area (Å²) in [4.78, 5) is 17.8. The van der Waals surface area contributed by atoms with Crippen molar-refractivity contribution in [3.63, 3.8) is 0 Å². The smallest absolute Gasteiger partial charge is 0.259 e. The van der Waals surface area contributed by atoms with E-state index in [1.54, 1.807) is 43.1 Å². The topological polar surface area (TPSA) is 96.2 Å². The average Bonchev–Trinajstić information content (AvgIpc) is 3.22. The van der Waals surface area contributed by atoms with E-state index in [1.807, 2.05) is 45.9 Å². The molecule has 0 saturated carbocycles. The van der Waals surface area contributed by atoms with Gasteiger partial charge in [-0.15, -0.1) is 0 Å². The number of anilines is 1. The zero-order valence-electron chi connectivity index (χ0n) is 21.3. The van der Waals surface area contributed by atoms with Gasteiger partial charge in [-0.3, -0.25) is 4.79 Å². The molecule has 9 nitrogen and oxygen atoms in total. The van der Waals surface area contributed by atoms with Crippen LogP contribution in [0, 0.1) is 13.8 Å². The highest BCUT2D eigenvalue weighted by molar-refractivity contribution is 6.05. The molecular weight excluding hydrogens is 460 g/mol. The number of rotatable bonds is 9. The van der Waals surface area contributed by atoms with Crippen LogP contribution in [0.25, 0.3) is 16.8 Å². The molecule has 0 aliphatic rings. The Hall–Kier alpha value is -4.27. The number of hydrogen-bond donors (Lipinski definition) is 1. The number of carbonyl (C=O) groups excluding carboxylic acids is 1. The number of methoxy groups -OCH3 is 2. The van der Waals surface area contributed by atoms with Crippen LogP contribution in [0.3, 0.4) is 0 Å². The highest BCUT2D eigenvalue weighted by Gasteiger charge is 2.20. The summed E-state index contributed by atoms with van der Waals surface area (Å²) in [6.07, 6.45) is 1.57. The zero-order valence-corrected chi connectivity index (χ0v) is 21.3. The number of nitrogens with zero attached hydrogens (tertiary/aromatic N) is 3. The standard InChI is InChI=1S/C27H30N4O5/c1-7-35-23-10-9-18(11-24(23)36-8-2)25-16(3)30-31-17(4)22(15-28-26(25)31)27(32)29-19-12-20(33-5)14-21(13-19)34-6/h9-15H,7-8H2,1-6H3,(H,29,32). The summed E-state index contributed by atoms with van der Waals surface area (Å²) in [5.41, 5.74) is 4.82. The summed E-state index contributed by atoms with van der Waals surface area (Å²) in [6.45, 7) is 8.69. The minimum Gasteiger partial charge on any atom is -0.497 e. The van der Waals surface area contributed by atoms with Gasteiger partial charge in [0, 0.05) is 35.6 Å². The van der Waals surface area contributed by atoms with Gasteiger partial charge in [-0.2, -0.15) is 5.10 Å². The van der Waals surface area contributed by atoms with Gasteiger partial charge in [0.25, 0.3) is 5.91 Å². The van der Waals surface area contributed by atoms with Crippen LogP contribution in [-0.2, 0) is 0 Å². The lowest BCUT2D eigenvalue weighted by atomic mass is 10.1. The highest BCUT2D eigenvalue weighted by atomic mass is 16.5. The Morgan fingerprint density at radius 2 is 1.61 bits per heavy atom. The second-order valence-corrected chi connectivity index (χ2v) is 8.04. The quantitative estimate of drug-likeness (QED) is 0.349. The summed E-state index contributed by atoms with van der Waals surface area (Å²) < 4.78 is 23.8. The van der Waals surface area contributed by atoms with Gasteiger partial charge in [0.1, 0.15) is 11.5 Å². The van der Waals surface area contributed by atoms with Gasteiger partial charge in [-0.1, -0.05) is 6.07 Å². The van der Waals surface area contributed by atoms with Gasteiger partial charge in [0.05, 0.1) is 44.4 Å². The van der Waals surface area contributed by atoms with Crippen molar-refractivity contribution < 1.29 is 23.7 Å². The van der Waals surface area contributed by atoms with Crippen LogP contribution < -0.4 is 24.3 Å². The van der Waals surface area contributed by atoms with Crippen LogP contribution in [0.15, 0.2) is 42.6 Å². The molecule has 36 heavy (non-hydrogen) atoms. The largest absolute Gasteiger partial charge is 0.497 e. The normalized spacial score (nSPS) is 10.8. The molecule has 2 aromatic heterocycles. The minimum absolute atomic E-state index is 0.313. The number of carbonyl (C=O) groups is 1. The molecule has 0 bridgehead atoms. The van der Waals surface area contributed by atoms with E-state index in [0.717, 1.165) is 16.8 Å². The number of hydrogen-bond acceptors (Lipinski definition) is 7. The van der Waals surface area contributed by atoms with Crippen LogP contribution in [0.4, 0.5) is 5.69 Å². The molecule has 4 aromatic rings. The van der Waals surface area contributed by atoms with Crippen LogP contribution in [0.2, 0.25) is 0 Å². The Bertz CT molecular complexity index is 1390. The van der Waals surface area contributed by atoms with E-state index in [2.05, 4.69) is 10.3 Å². The Morgan fingerprint density at radius 3 is 2.25 bits per heavy atom. The minimum atomic E-state index is -0.313. The maximum absolute atomic E-state index is 13.2. The summed E-state index contributed by atoms with van der Waals surface area (Å²) >= 11 is 0. The lowest BCUT2D eigenvalue weighted by Gasteiger charge is -2.13. The molecule has 9 heteroatoms. The van der Waals surface area contributed by atoms with E-state index in [-0.39, 0.29) is 5.91 Å². The van der Waals surface area contributed by atoms with Gasteiger partial charge in [-0.25, -0.2) is 9.50 Å². The number of benzene rings is 2. The molecule has 188 valence electrons. The number of ether oxygens (including phenoxy) is 4. The summed E-state index contributed by atoms with van der Waals surface area (Å²) in [5, 5.41) is 7.59. The fourth-order valence-electron chi connectivity index (χ4n) is 4.05. The summed E-state index contributed by atoms with van der Waals surface area (Å²) in [6, 6.07) is 11.0. The predicted molar refractivity (Wildman–Crippen MR) is 138 cm³/mol. The van der Waals surface area contributed by atoms with Gasteiger partial charge in [0.2, 0.25) is 0 Å². The fraction of sp³-hybridized carbons (Fsp3) is 0.296. The molecule has 2 heterocycles. The summed E-state index contributed by atoms with van der Waals surface area (Å²) in [7, 11) is 3.11. The van der Waals surface area contributed by atoms with Crippen molar-refractivity contribution >= 4 is 17.2 Å². The van der Waals surface area contributed by atoms with Gasteiger partial charge in [-0.05, 0) is 45.4 Å². The monoisotopic (exact) mass is 490 g/mol. The van der Waals surface area contributed by atoms with Gasteiger partial charge in [0.15, 0.2) is 17.1 Å². The molecule has 0 radical (unpaired) electrons. The molecule has 1 N–H and O–H groups in total. The van der Waals surface area contributed by atoms with Crippen molar-refractivity contribution in [1.82, 2.24) is 14.6 Å². The van der Waals surface area contributed by atoms with E-state index in [0.29, 0.717) is 58.8 Å². The Balaban J connectivity index is 1.72. The number of fused-ring (bicyclic) bond motifs is 1. The van der Waals surface area contributed by atoms with E-state index in [4.69, 9.17) is 24.0 Å². The third-order valence-electron chi connectivity index (χ3n) is 5.75. The molecular formula is C27H30N4O5. The first-order valence-electron chi connectivity index (χ1n) is 11.7. The van der Waals surface area contributed by atoms with Gasteiger partial charge >= 0.3 is 0 Å². The highest BCUT2D eigenvalue weighted by Crippen LogP contribution is 2.36. The van der Waals surface area contributed by atoms with Crippen molar-refractivity contribution in [3.8, 4) is 34.1 Å². The number of amides is 1. The molecule has 0 unspecified atom stereocenters. The lowest BCUT2D eigenvalue weighted by molar-refractivity contribution is 0.102. The second kappa shape index (κ2) is 10.6. The maximum atomic E-state index is 13.2. The van der Waals surface area contributed by atoms with Crippen molar-refractivity contribution in [3.05, 3.63) is 59.5 Å². The van der Waals surface area contributed by atoms with E-state index in [1.165, 1.54) is 0 Å². The Labute approximate surface area is 210 Å². The Kier molecular flexibility index (Phi) is 7.28. The van der Waals surface area contributed by atoms with Crippen LogP contribution in [0.1, 0.15) is 35.6 Å². The number of aromatic nitrogens is 3. The molecule has 0 aliphatic heterocycles. The van der Waals surface area contributed by atoms with Crippen LogP contribution in [-0.4, -0.2) is 47.9 Å². The number of aryl methyl sites for hydroxylation is 2. The maximum Gasteiger partial charge on any atom is 0.259 e. The van der Waals surface area contributed by atoms with Crippen LogP contribution in [0.5, 0.6) is 23.0 Å². The lowest BCUT2D eigenvalue weighted by Crippen LogP contribution is -2.16. The molecule has 0 aliphatic carbocycles. The fourth-order valence-corrected chi connectivity index (χ4v) is 4.05. The number of nitrogens with one attached hydrogen (secondary N) is 1. The Morgan fingerprint density at radius 1 is 0.944 bits per heavy atom. The third kappa shape index (κ3) is 4.77. The van der Waals surface area contributed by atoms with E-state index >= 15 is 0 Å². The van der Waals surface area contributed by atoms with Crippen molar-refractivity contribution in [2.75, 3.05) is 32.8 Å². The average molecular weight is 491 g/mol. The first kappa shape index (κ1) is 24.8. The van der Waals surface area contributed by atoms with Crippen LogP contribution >= 0.6 is 0 Å². The third-order valence-corrected chi connectivity index (χ3v) is 5.75. The predicted octanol–water partition coefficient (Wildman–Crippen LogP) is 5.08. The summed E-state index contributed by atoms with van der Waals surface area (Å²) in [5.74, 6) is 2.19. The second-order valence-electron chi connectivity index (χ2n) is 8.04. The molecule has 2 aromatic carbocycles. The van der Waals surface area contributed by atoms with Crippen molar-refractivity contribution in [2.24, 2.45) is 0 Å². The zero-order chi connectivity index (χ0) is 25.8. The molecule has 0 fully saturated rings. The van der Waals surface area contributed by atoms with E-state index < -0.39 is 0 Å². The van der Waals surface area contributed by atoms with Crippen molar-refractivity contribution in [1.29, 1.82) is 0 Å². The van der Waals surface area contributed by atoms with Gasteiger partial charge < -0.3 is 24.3 Å². The molecule has 0 spiro atoms. The molecule has 0 atom stereocenters. The van der Waals surface area contributed by atoms with E-state index in [9.17, 15) is 4.79 Å². The first-order chi connectivity index (χ1) is 17.4. The molecule has 1 amide bonds. The van der Waals surface area contributed by atoms with Crippen molar-refractivity contribution in [2.45, 2.75) is 27.7 Å². The SMILES string of the molecule is CCOc1ccc(-c2c(C)nn3c(C)c(C(=O)Nc4cc(OC)cc(OC)c4)cnc23)cc1OCC. The molecule has 4 rings (SSSR count). The first-order valence-corrected chi connectivity index (χ1v) is 11.7. The molecule has 0 saturated heterocycles.